The number of methoxy groups -OCH3 is 1. The molecule has 2 fully saturated rings. The number of benzene rings is 1. The summed E-state index contributed by atoms with van der Waals surface area (Å²) in [7, 11) is 1.50. The molecule has 0 radical (unpaired) electrons. The van der Waals surface area contributed by atoms with Gasteiger partial charge in [-0.05, 0) is 12.1 Å². The van der Waals surface area contributed by atoms with Crippen molar-refractivity contribution in [2.75, 3.05) is 66.1 Å². The van der Waals surface area contributed by atoms with Crippen molar-refractivity contribution in [1.29, 1.82) is 0 Å². The molecule has 1 N–H and O–H groups in total. The number of hydrogen-bond acceptors (Lipinski definition) is 6. The van der Waals surface area contributed by atoms with E-state index in [-0.39, 0.29) is 23.1 Å². The average Bonchev–Trinajstić information content (AvgIpc) is 2.68. The highest BCUT2D eigenvalue weighted by molar-refractivity contribution is 5.97. The first-order chi connectivity index (χ1) is 12.6. The van der Waals surface area contributed by atoms with Gasteiger partial charge in [0.25, 0.3) is 5.91 Å². The summed E-state index contributed by atoms with van der Waals surface area (Å²) >= 11 is 0. The third kappa shape index (κ3) is 4.25. The van der Waals surface area contributed by atoms with Gasteiger partial charge in [0.15, 0.2) is 0 Å². The Hall–Kier alpha value is -2.32. The SMILES string of the molecule is COc1ccc(C(=O)N2CCN(C(=O)CN3CCOCC3)CC2)c(O)c1. The van der Waals surface area contributed by atoms with E-state index >= 15 is 0 Å². The molecule has 2 aliphatic heterocycles. The molecule has 0 aliphatic carbocycles. The van der Waals surface area contributed by atoms with Crippen molar-refractivity contribution in [3.8, 4) is 11.5 Å². The minimum atomic E-state index is -0.231. The third-order valence-corrected chi connectivity index (χ3v) is 4.82. The van der Waals surface area contributed by atoms with Crippen LogP contribution in [0.1, 0.15) is 10.4 Å². The Bertz CT molecular complexity index is 652. The van der Waals surface area contributed by atoms with E-state index in [1.807, 2.05) is 0 Å². The van der Waals surface area contributed by atoms with Crippen molar-refractivity contribution < 1.29 is 24.2 Å². The van der Waals surface area contributed by atoms with Crippen LogP contribution in [-0.2, 0) is 9.53 Å². The van der Waals surface area contributed by atoms with Crippen LogP contribution in [0.4, 0.5) is 0 Å². The molecule has 0 bridgehead atoms. The molecule has 1 aromatic rings. The van der Waals surface area contributed by atoms with Gasteiger partial charge in [0.05, 0.1) is 32.4 Å². The number of piperazine rings is 1. The maximum atomic E-state index is 12.6. The summed E-state index contributed by atoms with van der Waals surface area (Å²) in [5.74, 6) is 0.259. The van der Waals surface area contributed by atoms with Gasteiger partial charge in [-0.15, -0.1) is 0 Å². The fourth-order valence-corrected chi connectivity index (χ4v) is 3.20. The van der Waals surface area contributed by atoms with Gasteiger partial charge in [-0.1, -0.05) is 0 Å². The molecular weight excluding hydrogens is 338 g/mol. The van der Waals surface area contributed by atoms with E-state index in [0.717, 1.165) is 13.1 Å². The van der Waals surface area contributed by atoms with Crippen LogP contribution in [0.15, 0.2) is 18.2 Å². The first-order valence-electron chi connectivity index (χ1n) is 8.82. The summed E-state index contributed by atoms with van der Waals surface area (Å²) in [6.45, 7) is 5.22. The lowest BCUT2D eigenvalue weighted by molar-refractivity contribution is -0.134. The Morgan fingerprint density at radius 1 is 1.08 bits per heavy atom. The summed E-state index contributed by atoms with van der Waals surface area (Å²) < 4.78 is 10.3. The predicted octanol–water partition coefficient (Wildman–Crippen LogP) is 0.0174. The maximum absolute atomic E-state index is 12.6. The van der Waals surface area contributed by atoms with E-state index in [2.05, 4.69) is 4.90 Å². The monoisotopic (exact) mass is 363 g/mol. The minimum absolute atomic E-state index is 0.0892. The number of hydrogen-bond donors (Lipinski definition) is 1. The molecule has 8 nitrogen and oxygen atoms in total. The number of carbonyl (C=O) groups is 2. The first kappa shape index (κ1) is 18.5. The third-order valence-electron chi connectivity index (χ3n) is 4.82. The van der Waals surface area contributed by atoms with Crippen LogP contribution in [0, 0.1) is 0 Å². The Morgan fingerprint density at radius 2 is 1.73 bits per heavy atom. The van der Waals surface area contributed by atoms with Gasteiger partial charge < -0.3 is 24.4 Å². The van der Waals surface area contributed by atoms with E-state index < -0.39 is 0 Å². The number of phenolic OH excluding ortho intramolecular Hbond substituents is 1. The summed E-state index contributed by atoms with van der Waals surface area (Å²) in [5.41, 5.74) is 0.249. The lowest BCUT2D eigenvalue weighted by Crippen LogP contribution is -2.53. The summed E-state index contributed by atoms with van der Waals surface area (Å²) in [5, 5.41) is 10.0. The summed E-state index contributed by atoms with van der Waals surface area (Å²) in [6, 6.07) is 4.64. The van der Waals surface area contributed by atoms with Gasteiger partial charge in [0.2, 0.25) is 5.91 Å². The van der Waals surface area contributed by atoms with Gasteiger partial charge in [0, 0.05) is 45.3 Å². The second-order valence-electron chi connectivity index (χ2n) is 6.44. The summed E-state index contributed by atoms with van der Waals surface area (Å²) in [6.07, 6.45) is 0. The molecule has 8 heteroatoms. The highest BCUT2D eigenvalue weighted by Crippen LogP contribution is 2.25. The molecule has 0 unspecified atom stereocenters. The van der Waals surface area contributed by atoms with Crippen molar-refractivity contribution >= 4 is 11.8 Å². The van der Waals surface area contributed by atoms with E-state index in [1.54, 1.807) is 21.9 Å². The van der Waals surface area contributed by atoms with E-state index in [4.69, 9.17) is 9.47 Å². The van der Waals surface area contributed by atoms with Gasteiger partial charge in [-0.3, -0.25) is 14.5 Å². The van der Waals surface area contributed by atoms with Crippen LogP contribution in [0.2, 0.25) is 0 Å². The van der Waals surface area contributed by atoms with E-state index in [1.165, 1.54) is 13.2 Å². The molecule has 26 heavy (non-hydrogen) atoms. The van der Waals surface area contributed by atoms with Gasteiger partial charge >= 0.3 is 0 Å². The van der Waals surface area contributed by atoms with Gasteiger partial charge in [-0.2, -0.15) is 0 Å². The van der Waals surface area contributed by atoms with Crippen molar-refractivity contribution in [3.63, 3.8) is 0 Å². The Morgan fingerprint density at radius 3 is 2.35 bits per heavy atom. The first-order valence-corrected chi connectivity index (χ1v) is 8.82. The lowest BCUT2D eigenvalue weighted by Gasteiger charge is -2.36. The van der Waals surface area contributed by atoms with Crippen LogP contribution in [0.25, 0.3) is 0 Å². The van der Waals surface area contributed by atoms with Crippen LogP contribution < -0.4 is 4.74 Å². The topological polar surface area (TPSA) is 82.6 Å². The number of ether oxygens (including phenoxy) is 2. The average molecular weight is 363 g/mol. The highest BCUT2D eigenvalue weighted by atomic mass is 16.5. The highest BCUT2D eigenvalue weighted by Gasteiger charge is 2.27. The Balaban J connectivity index is 1.52. The summed E-state index contributed by atoms with van der Waals surface area (Å²) in [4.78, 5) is 30.6. The molecule has 0 aromatic heterocycles. The molecule has 1 aromatic carbocycles. The van der Waals surface area contributed by atoms with Crippen LogP contribution in [-0.4, -0.2) is 97.8 Å². The van der Waals surface area contributed by atoms with Gasteiger partial charge in [-0.25, -0.2) is 0 Å². The molecule has 0 spiro atoms. The maximum Gasteiger partial charge on any atom is 0.257 e. The zero-order valence-electron chi connectivity index (χ0n) is 15.0. The van der Waals surface area contributed by atoms with Crippen molar-refractivity contribution in [1.82, 2.24) is 14.7 Å². The Labute approximate surface area is 152 Å². The zero-order valence-corrected chi connectivity index (χ0v) is 15.0. The van der Waals surface area contributed by atoms with Crippen LogP contribution in [0.3, 0.4) is 0 Å². The van der Waals surface area contributed by atoms with E-state index in [9.17, 15) is 14.7 Å². The quantitative estimate of drug-likeness (QED) is 0.812. The number of phenols is 1. The molecule has 2 aliphatic rings. The van der Waals surface area contributed by atoms with Crippen molar-refractivity contribution in [3.05, 3.63) is 23.8 Å². The fraction of sp³-hybridized carbons (Fsp3) is 0.556. The van der Waals surface area contributed by atoms with Crippen LogP contribution in [0.5, 0.6) is 11.5 Å². The fourth-order valence-electron chi connectivity index (χ4n) is 3.20. The molecule has 3 rings (SSSR count). The largest absolute Gasteiger partial charge is 0.507 e. The van der Waals surface area contributed by atoms with Gasteiger partial charge in [0.1, 0.15) is 11.5 Å². The number of aromatic hydroxyl groups is 1. The normalized spacial score (nSPS) is 18.7. The number of nitrogens with zero attached hydrogens (tertiary/aromatic N) is 3. The van der Waals surface area contributed by atoms with Crippen LogP contribution >= 0.6 is 0 Å². The molecule has 2 heterocycles. The smallest absolute Gasteiger partial charge is 0.257 e. The molecule has 0 saturated carbocycles. The Kier molecular flexibility index (Phi) is 5.95. The molecule has 0 atom stereocenters. The molecule has 2 amide bonds. The second kappa shape index (κ2) is 8.37. The van der Waals surface area contributed by atoms with E-state index in [0.29, 0.717) is 51.7 Å². The number of rotatable bonds is 4. The van der Waals surface area contributed by atoms with Crippen molar-refractivity contribution in [2.45, 2.75) is 0 Å². The zero-order chi connectivity index (χ0) is 18.5. The lowest BCUT2D eigenvalue weighted by atomic mass is 10.1. The molecule has 142 valence electrons. The second-order valence-corrected chi connectivity index (χ2v) is 6.44. The number of carbonyl (C=O) groups excluding carboxylic acids is 2. The standard InChI is InChI=1S/C18H25N3O5/c1-25-14-2-3-15(16(22)12-14)18(24)21-6-4-20(5-7-21)17(23)13-19-8-10-26-11-9-19/h2-3,12,22H,4-11,13H2,1H3. The number of amides is 2. The predicted molar refractivity (Wildman–Crippen MR) is 94.4 cm³/mol. The molecule has 2 saturated heterocycles. The number of morpholine rings is 1. The molecular formula is C18H25N3O5. The van der Waals surface area contributed by atoms with Crippen molar-refractivity contribution in [2.24, 2.45) is 0 Å². The minimum Gasteiger partial charge on any atom is -0.507 e.